The molecule has 3 nitrogen and oxygen atoms in total. The minimum absolute atomic E-state index is 0.202. The third kappa shape index (κ3) is 3.37. The Balaban J connectivity index is 1.25. The number of nitrogens with zero attached hydrogens (tertiary/aromatic N) is 1. The summed E-state index contributed by atoms with van der Waals surface area (Å²) in [5.41, 5.74) is 3.42. The van der Waals surface area contributed by atoms with Crippen LogP contribution in [0, 0.1) is 11.8 Å². The van der Waals surface area contributed by atoms with Crippen LogP contribution in [-0.2, 0) is 4.74 Å². The van der Waals surface area contributed by atoms with Crippen molar-refractivity contribution < 1.29 is 9.53 Å². The highest BCUT2D eigenvalue weighted by Crippen LogP contribution is 2.50. The van der Waals surface area contributed by atoms with Gasteiger partial charge < -0.3 is 4.74 Å². The quantitative estimate of drug-likeness (QED) is 0.528. The van der Waals surface area contributed by atoms with E-state index in [0.29, 0.717) is 36.1 Å². The Labute approximate surface area is 183 Å². The molecule has 4 bridgehead atoms. The van der Waals surface area contributed by atoms with Crippen molar-refractivity contribution in [2.75, 3.05) is 13.2 Å². The van der Waals surface area contributed by atoms with Crippen molar-refractivity contribution in [1.82, 2.24) is 4.90 Å². The SMILES string of the molecule is O=C(OC[C@H]1[C@@H]2C[C@@H]3CC[C@H]1N3C/C2=C\c1ccc2ccccc2c1)c1ccccc1. The average Bonchev–Trinajstić information content (AvgIpc) is 3.14. The molecule has 0 aromatic heterocycles. The second kappa shape index (κ2) is 7.65. The maximum absolute atomic E-state index is 12.5. The summed E-state index contributed by atoms with van der Waals surface area (Å²) in [6.45, 7) is 1.58. The molecule has 3 heteroatoms. The number of esters is 1. The third-order valence-corrected chi connectivity index (χ3v) is 7.61. The molecule has 7 rings (SSSR count). The molecule has 4 saturated heterocycles. The van der Waals surface area contributed by atoms with E-state index in [1.165, 1.54) is 41.2 Å². The van der Waals surface area contributed by atoms with Gasteiger partial charge in [-0.05, 0) is 59.7 Å². The first-order valence-electron chi connectivity index (χ1n) is 11.4. The fourth-order valence-corrected chi connectivity index (χ4v) is 6.14. The monoisotopic (exact) mass is 409 g/mol. The van der Waals surface area contributed by atoms with E-state index in [0.717, 1.165) is 6.54 Å². The van der Waals surface area contributed by atoms with E-state index >= 15 is 0 Å². The van der Waals surface area contributed by atoms with Crippen molar-refractivity contribution >= 4 is 22.8 Å². The topological polar surface area (TPSA) is 29.5 Å². The lowest BCUT2D eigenvalue weighted by Crippen LogP contribution is -2.57. The number of benzene rings is 3. The molecule has 3 aromatic carbocycles. The summed E-state index contributed by atoms with van der Waals surface area (Å²) in [6.07, 6.45) is 6.11. The van der Waals surface area contributed by atoms with Crippen LogP contribution in [-0.4, -0.2) is 36.1 Å². The predicted octanol–water partition coefficient (Wildman–Crippen LogP) is 5.56. The Morgan fingerprint density at radius 1 is 0.968 bits per heavy atom. The smallest absolute Gasteiger partial charge is 0.338 e. The summed E-state index contributed by atoms with van der Waals surface area (Å²) >= 11 is 0. The van der Waals surface area contributed by atoms with Crippen molar-refractivity contribution in [2.24, 2.45) is 11.8 Å². The van der Waals surface area contributed by atoms with Gasteiger partial charge in [0.2, 0.25) is 0 Å². The van der Waals surface area contributed by atoms with E-state index in [-0.39, 0.29) is 5.97 Å². The molecule has 0 saturated carbocycles. The van der Waals surface area contributed by atoms with Crippen LogP contribution in [0.25, 0.3) is 16.8 Å². The van der Waals surface area contributed by atoms with Gasteiger partial charge in [0.15, 0.2) is 0 Å². The maximum atomic E-state index is 12.5. The summed E-state index contributed by atoms with van der Waals surface area (Å²) in [4.78, 5) is 15.2. The Hall–Kier alpha value is -2.91. The zero-order valence-electron chi connectivity index (χ0n) is 17.6. The zero-order valence-corrected chi connectivity index (χ0v) is 17.6. The van der Waals surface area contributed by atoms with Crippen LogP contribution in [0.4, 0.5) is 0 Å². The van der Waals surface area contributed by atoms with E-state index in [1.54, 1.807) is 0 Å². The van der Waals surface area contributed by atoms with E-state index in [2.05, 4.69) is 53.4 Å². The normalized spacial score (nSPS) is 30.1. The van der Waals surface area contributed by atoms with Crippen LogP contribution in [0.3, 0.4) is 0 Å². The first-order chi connectivity index (χ1) is 15.3. The maximum Gasteiger partial charge on any atom is 0.338 e. The number of ether oxygens (including phenoxy) is 1. The second-order valence-corrected chi connectivity index (χ2v) is 9.27. The molecule has 31 heavy (non-hydrogen) atoms. The van der Waals surface area contributed by atoms with Gasteiger partial charge in [0.1, 0.15) is 0 Å². The molecule has 4 aliphatic heterocycles. The van der Waals surface area contributed by atoms with Crippen LogP contribution in [0.5, 0.6) is 0 Å². The molecule has 5 atom stereocenters. The lowest BCUT2D eigenvalue weighted by Gasteiger charge is -2.51. The molecular formula is C28H27NO2. The Morgan fingerprint density at radius 3 is 2.65 bits per heavy atom. The minimum atomic E-state index is -0.202. The van der Waals surface area contributed by atoms with E-state index in [4.69, 9.17) is 4.74 Å². The molecule has 4 fully saturated rings. The molecule has 0 radical (unpaired) electrons. The molecule has 156 valence electrons. The number of rotatable bonds is 4. The van der Waals surface area contributed by atoms with Crippen LogP contribution >= 0.6 is 0 Å². The van der Waals surface area contributed by atoms with Gasteiger partial charge in [-0.1, -0.05) is 66.2 Å². The fraction of sp³-hybridized carbons (Fsp3) is 0.321. The van der Waals surface area contributed by atoms with Gasteiger partial charge in [-0.2, -0.15) is 0 Å². The third-order valence-electron chi connectivity index (χ3n) is 7.61. The van der Waals surface area contributed by atoms with E-state index in [9.17, 15) is 4.79 Å². The molecule has 3 aromatic rings. The van der Waals surface area contributed by atoms with Crippen molar-refractivity contribution in [3.63, 3.8) is 0 Å². The van der Waals surface area contributed by atoms with Gasteiger partial charge in [0.25, 0.3) is 0 Å². The molecule has 0 N–H and O–H groups in total. The number of carbonyl (C=O) groups is 1. The molecule has 4 heterocycles. The molecule has 1 unspecified atom stereocenters. The summed E-state index contributed by atoms with van der Waals surface area (Å²) < 4.78 is 5.83. The summed E-state index contributed by atoms with van der Waals surface area (Å²) in [5.74, 6) is 0.705. The highest BCUT2D eigenvalue weighted by Gasteiger charge is 2.52. The summed E-state index contributed by atoms with van der Waals surface area (Å²) in [5, 5.41) is 2.56. The molecule has 0 spiro atoms. The van der Waals surface area contributed by atoms with Crippen LogP contribution < -0.4 is 0 Å². The summed E-state index contributed by atoms with van der Waals surface area (Å²) in [6, 6.07) is 25.9. The van der Waals surface area contributed by atoms with Crippen LogP contribution in [0.15, 0.2) is 78.4 Å². The Morgan fingerprint density at radius 2 is 1.77 bits per heavy atom. The molecule has 4 aliphatic rings. The van der Waals surface area contributed by atoms with Gasteiger partial charge in [-0.15, -0.1) is 0 Å². The van der Waals surface area contributed by atoms with Gasteiger partial charge in [0, 0.05) is 24.5 Å². The number of hydrogen-bond donors (Lipinski definition) is 0. The highest BCUT2D eigenvalue weighted by atomic mass is 16.5. The van der Waals surface area contributed by atoms with Gasteiger partial charge in [-0.3, -0.25) is 4.90 Å². The Bertz CT molecular complexity index is 1150. The second-order valence-electron chi connectivity index (χ2n) is 9.27. The average molecular weight is 410 g/mol. The standard InChI is InChI=1S/C28H27NO2/c30-28(21-7-2-1-3-8-21)31-18-26-25-16-24-12-13-27(26)29(24)17-23(25)15-19-10-11-20-6-4-5-9-22(20)14-19/h1-11,14-15,24-27H,12-13,16-18H2/b23-15+/t24-,25+,26-,27+/m0/s1. The Kier molecular flexibility index (Phi) is 4.65. The highest BCUT2D eigenvalue weighted by molar-refractivity contribution is 5.89. The predicted molar refractivity (Wildman–Crippen MR) is 124 cm³/mol. The molecule has 0 amide bonds. The van der Waals surface area contributed by atoms with Gasteiger partial charge in [-0.25, -0.2) is 4.79 Å². The lowest BCUT2D eigenvalue weighted by atomic mass is 9.71. The van der Waals surface area contributed by atoms with Crippen molar-refractivity contribution in [3.05, 3.63) is 89.5 Å². The number of carbonyl (C=O) groups excluding carboxylic acids is 1. The summed E-state index contributed by atoms with van der Waals surface area (Å²) in [7, 11) is 0. The van der Waals surface area contributed by atoms with Gasteiger partial charge in [0.05, 0.1) is 12.2 Å². The largest absolute Gasteiger partial charge is 0.462 e. The molecule has 0 aliphatic carbocycles. The van der Waals surface area contributed by atoms with Crippen molar-refractivity contribution in [1.29, 1.82) is 0 Å². The number of piperidine rings is 3. The zero-order chi connectivity index (χ0) is 20.8. The van der Waals surface area contributed by atoms with Crippen molar-refractivity contribution in [3.8, 4) is 0 Å². The number of fused-ring (bicyclic) bond motifs is 2. The lowest BCUT2D eigenvalue weighted by molar-refractivity contribution is -0.0150. The first kappa shape index (κ1) is 18.8. The first-order valence-corrected chi connectivity index (χ1v) is 11.4. The van der Waals surface area contributed by atoms with E-state index in [1.807, 2.05) is 30.3 Å². The minimum Gasteiger partial charge on any atom is -0.462 e. The van der Waals surface area contributed by atoms with Crippen molar-refractivity contribution in [2.45, 2.75) is 31.3 Å². The van der Waals surface area contributed by atoms with Gasteiger partial charge >= 0.3 is 5.97 Å². The number of hydrogen-bond acceptors (Lipinski definition) is 3. The van der Waals surface area contributed by atoms with Crippen LogP contribution in [0.2, 0.25) is 0 Å². The van der Waals surface area contributed by atoms with E-state index < -0.39 is 0 Å². The molecular weight excluding hydrogens is 382 g/mol. The fourth-order valence-electron chi connectivity index (χ4n) is 6.14. The van der Waals surface area contributed by atoms with Crippen LogP contribution in [0.1, 0.15) is 35.2 Å².